The Balaban J connectivity index is 1.72. The highest BCUT2D eigenvalue weighted by Gasteiger charge is 2.22. The van der Waals surface area contributed by atoms with Crippen molar-refractivity contribution in [1.29, 1.82) is 0 Å². The van der Waals surface area contributed by atoms with Crippen LogP contribution in [0, 0.1) is 17.0 Å². The summed E-state index contributed by atoms with van der Waals surface area (Å²) in [6.45, 7) is 3.26. The summed E-state index contributed by atoms with van der Waals surface area (Å²) in [5.74, 6) is 0.360. The topological polar surface area (TPSA) is 111 Å². The van der Waals surface area contributed by atoms with Crippen LogP contribution in [0.15, 0.2) is 49.3 Å². The summed E-state index contributed by atoms with van der Waals surface area (Å²) >= 11 is 0. The van der Waals surface area contributed by atoms with Crippen LogP contribution in [0.1, 0.15) is 12.0 Å². The number of nitrogens with one attached hydrogen (secondary N) is 2. The lowest BCUT2D eigenvalue weighted by atomic mass is 10.2. The zero-order chi connectivity index (χ0) is 18.4. The zero-order valence-corrected chi connectivity index (χ0v) is 14.3. The number of anilines is 3. The molecule has 1 aromatic carbocycles. The Morgan fingerprint density at radius 1 is 1.27 bits per heavy atom. The molecule has 2 aromatic heterocycles. The molecule has 3 aromatic rings. The first-order chi connectivity index (χ1) is 12.6. The van der Waals surface area contributed by atoms with Gasteiger partial charge in [0.15, 0.2) is 0 Å². The number of nitrogens with zero attached hydrogens (tertiary/aromatic N) is 5. The Morgan fingerprint density at radius 2 is 2.12 bits per heavy atom. The minimum Gasteiger partial charge on any atom is -0.364 e. The van der Waals surface area contributed by atoms with E-state index in [0.29, 0.717) is 6.54 Å². The van der Waals surface area contributed by atoms with Gasteiger partial charge in [0, 0.05) is 31.2 Å². The first-order valence-corrected chi connectivity index (χ1v) is 8.16. The summed E-state index contributed by atoms with van der Waals surface area (Å²) in [5.41, 5.74) is 1.61. The standard InChI is InChI=1S/C17H19N7O2/c1-13-4-2-5-14(10-13)22-17-15(24(25)26)16(20-11-21-17)19-6-3-8-23-9-7-18-12-23/h2,4-5,7,9-12H,3,6,8H2,1H3,(H2,19,20,21,22). The van der Waals surface area contributed by atoms with E-state index >= 15 is 0 Å². The highest BCUT2D eigenvalue weighted by Crippen LogP contribution is 2.31. The van der Waals surface area contributed by atoms with E-state index in [1.807, 2.05) is 42.0 Å². The number of hydrogen-bond donors (Lipinski definition) is 2. The summed E-state index contributed by atoms with van der Waals surface area (Å²) in [5, 5.41) is 17.6. The van der Waals surface area contributed by atoms with Crippen molar-refractivity contribution in [3.63, 3.8) is 0 Å². The van der Waals surface area contributed by atoms with Crippen LogP contribution in [0.3, 0.4) is 0 Å². The van der Waals surface area contributed by atoms with Gasteiger partial charge < -0.3 is 15.2 Å². The van der Waals surface area contributed by atoms with Gasteiger partial charge in [0.2, 0.25) is 11.6 Å². The molecule has 0 amide bonds. The third kappa shape index (κ3) is 4.32. The SMILES string of the molecule is Cc1cccc(Nc2ncnc(NCCCn3ccnc3)c2[N+](=O)[O-])c1. The highest BCUT2D eigenvalue weighted by molar-refractivity contribution is 5.73. The fourth-order valence-electron chi connectivity index (χ4n) is 2.52. The van der Waals surface area contributed by atoms with Gasteiger partial charge in [-0.1, -0.05) is 12.1 Å². The van der Waals surface area contributed by atoms with E-state index in [9.17, 15) is 10.1 Å². The van der Waals surface area contributed by atoms with Gasteiger partial charge in [0.05, 0.1) is 11.3 Å². The average Bonchev–Trinajstić information content (AvgIpc) is 3.12. The first kappa shape index (κ1) is 17.3. The lowest BCUT2D eigenvalue weighted by molar-refractivity contribution is -0.383. The molecule has 2 N–H and O–H groups in total. The van der Waals surface area contributed by atoms with Crippen molar-refractivity contribution in [1.82, 2.24) is 19.5 Å². The highest BCUT2D eigenvalue weighted by atomic mass is 16.6. The van der Waals surface area contributed by atoms with E-state index < -0.39 is 4.92 Å². The molecule has 0 fully saturated rings. The largest absolute Gasteiger partial charge is 0.364 e. The van der Waals surface area contributed by atoms with Crippen molar-refractivity contribution in [2.24, 2.45) is 0 Å². The Kier molecular flexibility index (Phi) is 5.37. The number of benzene rings is 1. The summed E-state index contributed by atoms with van der Waals surface area (Å²) in [6, 6.07) is 7.55. The second-order valence-corrected chi connectivity index (χ2v) is 5.75. The molecule has 0 aliphatic rings. The number of aryl methyl sites for hydroxylation is 2. The van der Waals surface area contributed by atoms with Crippen LogP contribution in [-0.4, -0.2) is 31.0 Å². The Hall–Kier alpha value is -3.49. The predicted molar refractivity (Wildman–Crippen MR) is 98.5 cm³/mol. The van der Waals surface area contributed by atoms with Gasteiger partial charge >= 0.3 is 5.69 Å². The molecule has 3 rings (SSSR count). The monoisotopic (exact) mass is 353 g/mol. The van der Waals surface area contributed by atoms with Crippen molar-refractivity contribution in [3.8, 4) is 0 Å². The number of hydrogen-bond acceptors (Lipinski definition) is 7. The molecular formula is C17H19N7O2. The fraction of sp³-hybridized carbons (Fsp3) is 0.235. The minimum atomic E-state index is -0.476. The van der Waals surface area contributed by atoms with Crippen LogP contribution < -0.4 is 10.6 Å². The van der Waals surface area contributed by atoms with E-state index in [4.69, 9.17) is 0 Å². The van der Waals surface area contributed by atoms with Crippen LogP contribution in [0.4, 0.5) is 23.0 Å². The lowest BCUT2D eigenvalue weighted by Gasteiger charge is -2.10. The average molecular weight is 353 g/mol. The summed E-state index contributed by atoms with van der Waals surface area (Å²) in [4.78, 5) is 23.1. The molecular weight excluding hydrogens is 334 g/mol. The van der Waals surface area contributed by atoms with Crippen molar-refractivity contribution in [3.05, 3.63) is 65.0 Å². The maximum Gasteiger partial charge on any atom is 0.353 e. The summed E-state index contributed by atoms with van der Waals surface area (Å²) < 4.78 is 1.95. The molecule has 2 heterocycles. The van der Waals surface area contributed by atoms with Crippen LogP contribution in [-0.2, 0) is 6.54 Å². The van der Waals surface area contributed by atoms with Crippen molar-refractivity contribution >= 4 is 23.0 Å². The van der Waals surface area contributed by atoms with Crippen LogP contribution in [0.25, 0.3) is 0 Å². The van der Waals surface area contributed by atoms with E-state index in [0.717, 1.165) is 24.2 Å². The maximum absolute atomic E-state index is 11.6. The van der Waals surface area contributed by atoms with Crippen LogP contribution in [0.2, 0.25) is 0 Å². The number of imidazole rings is 1. The summed E-state index contributed by atoms with van der Waals surface area (Å²) in [7, 11) is 0. The second-order valence-electron chi connectivity index (χ2n) is 5.75. The third-order valence-corrected chi connectivity index (χ3v) is 3.73. The molecule has 0 spiro atoms. The van der Waals surface area contributed by atoms with E-state index in [-0.39, 0.29) is 17.3 Å². The molecule has 9 heteroatoms. The van der Waals surface area contributed by atoms with Crippen LogP contribution >= 0.6 is 0 Å². The molecule has 134 valence electrons. The van der Waals surface area contributed by atoms with Crippen LogP contribution in [0.5, 0.6) is 0 Å². The van der Waals surface area contributed by atoms with Gasteiger partial charge in [0.1, 0.15) is 6.33 Å². The number of rotatable bonds is 8. The van der Waals surface area contributed by atoms with Gasteiger partial charge in [-0.15, -0.1) is 0 Å². The van der Waals surface area contributed by atoms with Gasteiger partial charge in [0.25, 0.3) is 0 Å². The first-order valence-electron chi connectivity index (χ1n) is 8.16. The Morgan fingerprint density at radius 3 is 2.85 bits per heavy atom. The van der Waals surface area contributed by atoms with Crippen molar-refractivity contribution < 1.29 is 4.92 Å². The van der Waals surface area contributed by atoms with Gasteiger partial charge in [-0.25, -0.2) is 15.0 Å². The van der Waals surface area contributed by atoms with E-state index in [1.165, 1.54) is 6.33 Å². The number of aromatic nitrogens is 4. The Bertz CT molecular complexity index is 881. The second kappa shape index (κ2) is 8.06. The Labute approximate surface area is 150 Å². The molecule has 9 nitrogen and oxygen atoms in total. The van der Waals surface area contributed by atoms with E-state index in [1.54, 1.807) is 12.5 Å². The molecule has 0 radical (unpaired) electrons. The molecule has 26 heavy (non-hydrogen) atoms. The van der Waals surface area contributed by atoms with Crippen molar-refractivity contribution in [2.75, 3.05) is 17.2 Å². The van der Waals surface area contributed by atoms with Gasteiger partial charge in [-0.2, -0.15) is 0 Å². The third-order valence-electron chi connectivity index (χ3n) is 3.73. The summed E-state index contributed by atoms with van der Waals surface area (Å²) in [6.07, 6.45) is 7.40. The number of nitro groups is 1. The predicted octanol–water partition coefficient (Wildman–Crippen LogP) is 3.14. The maximum atomic E-state index is 11.6. The zero-order valence-electron chi connectivity index (χ0n) is 14.3. The normalized spacial score (nSPS) is 10.5. The molecule has 0 saturated carbocycles. The quantitative estimate of drug-likeness (QED) is 0.363. The minimum absolute atomic E-state index is 0.160. The molecule has 0 aliphatic heterocycles. The van der Waals surface area contributed by atoms with Crippen molar-refractivity contribution in [2.45, 2.75) is 19.9 Å². The molecule has 0 saturated heterocycles. The van der Waals surface area contributed by atoms with E-state index in [2.05, 4.69) is 25.6 Å². The smallest absolute Gasteiger partial charge is 0.353 e. The lowest BCUT2D eigenvalue weighted by Crippen LogP contribution is -2.10. The fourth-order valence-corrected chi connectivity index (χ4v) is 2.52. The molecule has 0 unspecified atom stereocenters. The molecule has 0 atom stereocenters. The van der Waals surface area contributed by atoms with Gasteiger partial charge in [-0.3, -0.25) is 10.1 Å². The van der Waals surface area contributed by atoms with Gasteiger partial charge in [-0.05, 0) is 31.0 Å². The molecule has 0 aliphatic carbocycles. The molecule has 0 bridgehead atoms.